The van der Waals surface area contributed by atoms with Crippen LogP contribution in [0.4, 0.5) is 0 Å². The topological polar surface area (TPSA) is 42.9 Å². The molecule has 3 aromatic rings. The number of hydrogen-bond donors (Lipinski definition) is 0. The summed E-state index contributed by atoms with van der Waals surface area (Å²) >= 11 is 0. The third-order valence-corrected chi connectivity index (χ3v) is 2.98. The standard InChI is InChI=1S/C17H12N2O/c20-17(14-4-2-1-3-5-14)9-7-13-6-8-15-16(12-13)19-11-10-18-15/h1-12H/b9-7+. The van der Waals surface area contributed by atoms with Crippen LogP contribution < -0.4 is 0 Å². The highest BCUT2D eigenvalue weighted by Crippen LogP contribution is 2.12. The smallest absolute Gasteiger partial charge is 0.185 e. The number of fused-ring (bicyclic) bond motifs is 1. The van der Waals surface area contributed by atoms with Crippen molar-refractivity contribution >= 4 is 22.9 Å². The van der Waals surface area contributed by atoms with Crippen molar-refractivity contribution in [1.29, 1.82) is 0 Å². The highest BCUT2D eigenvalue weighted by Gasteiger charge is 2.00. The lowest BCUT2D eigenvalue weighted by atomic mass is 10.1. The van der Waals surface area contributed by atoms with Gasteiger partial charge < -0.3 is 0 Å². The molecule has 0 bridgehead atoms. The van der Waals surface area contributed by atoms with Crippen molar-refractivity contribution in [3.63, 3.8) is 0 Å². The first-order chi connectivity index (χ1) is 9.83. The Balaban J connectivity index is 1.85. The number of carbonyl (C=O) groups excluding carboxylic acids is 1. The van der Waals surface area contributed by atoms with Gasteiger partial charge in [0.25, 0.3) is 0 Å². The van der Waals surface area contributed by atoms with Crippen LogP contribution in [-0.4, -0.2) is 15.8 Å². The fourth-order valence-electron chi connectivity index (χ4n) is 1.95. The summed E-state index contributed by atoms with van der Waals surface area (Å²) in [5.41, 5.74) is 3.28. The largest absolute Gasteiger partial charge is 0.289 e. The molecule has 0 aliphatic heterocycles. The minimum Gasteiger partial charge on any atom is -0.289 e. The first kappa shape index (κ1) is 12.2. The van der Waals surface area contributed by atoms with E-state index < -0.39 is 0 Å². The Morgan fingerprint density at radius 1 is 0.900 bits per heavy atom. The Hall–Kier alpha value is -2.81. The lowest BCUT2D eigenvalue weighted by Crippen LogP contribution is -1.92. The lowest BCUT2D eigenvalue weighted by molar-refractivity contribution is 0.104. The van der Waals surface area contributed by atoms with E-state index in [-0.39, 0.29) is 5.78 Å². The van der Waals surface area contributed by atoms with E-state index in [1.165, 1.54) is 0 Å². The zero-order chi connectivity index (χ0) is 13.8. The van der Waals surface area contributed by atoms with Crippen LogP contribution >= 0.6 is 0 Å². The van der Waals surface area contributed by atoms with Gasteiger partial charge in [-0.25, -0.2) is 0 Å². The second-order valence-electron chi connectivity index (χ2n) is 4.37. The molecule has 0 atom stereocenters. The summed E-state index contributed by atoms with van der Waals surface area (Å²) in [5, 5.41) is 0. The van der Waals surface area contributed by atoms with Gasteiger partial charge in [0.05, 0.1) is 11.0 Å². The number of hydrogen-bond acceptors (Lipinski definition) is 3. The van der Waals surface area contributed by atoms with E-state index in [9.17, 15) is 4.79 Å². The zero-order valence-corrected chi connectivity index (χ0v) is 10.7. The monoisotopic (exact) mass is 260 g/mol. The number of carbonyl (C=O) groups is 1. The van der Waals surface area contributed by atoms with Gasteiger partial charge in [-0.1, -0.05) is 42.5 Å². The van der Waals surface area contributed by atoms with Gasteiger partial charge in [0.2, 0.25) is 0 Å². The summed E-state index contributed by atoms with van der Waals surface area (Å²) in [6, 6.07) is 14.9. The Morgan fingerprint density at radius 2 is 1.65 bits per heavy atom. The van der Waals surface area contributed by atoms with Crippen molar-refractivity contribution in [2.45, 2.75) is 0 Å². The molecule has 0 aliphatic rings. The summed E-state index contributed by atoms with van der Waals surface area (Å²) in [6.07, 6.45) is 6.69. The number of nitrogens with zero attached hydrogens (tertiary/aromatic N) is 2. The third kappa shape index (κ3) is 2.62. The van der Waals surface area contributed by atoms with Crippen molar-refractivity contribution in [2.75, 3.05) is 0 Å². The first-order valence-electron chi connectivity index (χ1n) is 6.31. The fraction of sp³-hybridized carbons (Fsp3) is 0. The van der Waals surface area contributed by atoms with Crippen LogP contribution in [0.15, 0.2) is 67.0 Å². The zero-order valence-electron chi connectivity index (χ0n) is 10.7. The predicted octanol–water partition coefficient (Wildman–Crippen LogP) is 3.53. The molecular weight excluding hydrogens is 248 g/mol. The highest BCUT2D eigenvalue weighted by molar-refractivity contribution is 6.06. The van der Waals surface area contributed by atoms with Crippen LogP contribution in [-0.2, 0) is 0 Å². The molecule has 0 saturated heterocycles. The maximum atomic E-state index is 12.0. The average Bonchev–Trinajstić information content (AvgIpc) is 2.53. The molecule has 2 aromatic carbocycles. The minimum absolute atomic E-state index is 0.00940. The van der Waals surface area contributed by atoms with E-state index in [0.717, 1.165) is 16.6 Å². The molecule has 1 heterocycles. The molecule has 0 saturated carbocycles. The van der Waals surface area contributed by atoms with E-state index in [1.807, 2.05) is 36.4 Å². The summed E-state index contributed by atoms with van der Waals surface area (Å²) < 4.78 is 0. The Labute approximate surface area is 116 Å². The van der Waals surface area contributed by atoms with Crippen LogP contribution in [0, 0.1) is 0 Å². The van der Waals surface area contributed by atoms with Crippen LogP contribution in [0.2, 0.25) is 0 Å². The van der Waals surface area contributed by atoms with Gasteiger partial charge in [-0.2, -0.15) is 0 Å². The molecule has 0 spiro atoms. The Bertz CT molecular complexity index is 779. The van der Waals surface area contributed by atoms with E-state index in [2.05, 4.69) is 9.97 Å². The minimum atomic E-state index is -0.00940. The maximum Gasteiger partial charge on any atom is 0.185 e. The second kappa shape index (κ2) is 5.45. The summed E-state index contributed by atoms with van der Waals surface area (Å²) in [5.74, 6) is -0.00940. The van der Waals surface area contributed by atoms with Crippen molar-refractivity contribution in [1.82, 2.24) is 9.97 Å². The van der Waals surface area contributed by atoms with Gasteiger partial charge >= 0.3 is 0 Å². The van der Waals surface area contributed by atoms with Crippen molar-refractivity contribution in [2.24, 2.45) is 0 Å². The van der Waals surface area contributed by atoms with E-state index in [1.54, 1.807) is 36.7 Å². The van der Waals surface area contributed by atoms with Gasteiger partial charge in [0, 0.05) is 18.0 Å². The molecule has 0 fully saturated rings. The van der Waals surface area contributed by atoms with Gasteiger partial charge in [0.1, 0.15) is 0 Å². The van der Waals surface area contributed by atoms with Crippen LogP contribution in [0.5, 0.6) is 0 Å². The van der Waals surface area contributed by atoms with Gasteiger partial charge in [-0.15, -0.1) is 0 Å². The van der Waals surface area contributed by atoms with Gasteiger partial charge in [0.15, 0.2) is 5.78 Å². The molecule has 3 heteroatoms. The van der Waals surface area contributed by atoms with Crippen molar-refractivity contribution < 1.29 is 4.79 Å². The van der Waals surface area contributed by atoms with Crippen LogP contribution in [0.25, 0.3) is 17.1 Å². The molecule has 3 nitrogen and oxygen atoms in total. The molecule has 0 unspecified atom stereocenters. The van der Waals surface area contributed by atoms with Crippen molar-refractivity contribution in [3.8, 4) is 0 Å². The number of allylic oxidation sites excluding steroid dienone is 1. The quantitative estimate of drug-likeness (QED) is 0.534. The molecule has 96 valence electrons. The molecule has 0 radical (unpaired) electrons. The number of benzene rings is 2. The second-order valence-corrected chi connectivity index (χ2v) is 4.37. The summed E-state index contributed by atoms with van der Waals surface area (Å²) in [4.78, 5) is 20.4. The van der Waals surface area contributed by atoms with Crippen molar-refractivity contribution in [3.05, 3.63) is 78.1 Å². The number of rotatable bonds is 3. The summed E-state index contributed by atoms with van der Waals surface area (Å²) in [6.45, 7) is 0. The first-order valence-corrected chi connectivity index (χ1v) is 6.31. The fourth-order valence-corrected chi connectivity index (χ4v) is 1.95. The number of aromatic nitrogens is 2. The normalized spacial score (nSPS) is 11.0. The van der Waals surface area contributed by atoms with E-state index in [4.69, 9.17) is 0 Å². The highest BCUT2D eigenvalue weighted by atomic mass is 16.1. The maximum absolute atomic E-state index is 12.0. The van der Waals surface area contributed by atoms with E-state index >= 15 is 0 Å². The predicted molar refractivity (Wildman–Crippen MR) is 79.3 cm³/mol. The van der Waals surface area contributed by atoms with Crippen LogP contribution in [0.1, 0.15) is 15.9 Å². The Kier molecular flexibility index (Phi) is 3.33. The Morgan fingerprint density at radius 3 is 2.45 bits per heavy atom. The molecule has 0 amide bonds. The average molecular weight is 260 g/mol. The molecule has 0 N–H and O–H groups in total. The molecule has 0 aliphatic carbocycles. The lowest BCUT2D eigenvalue weighted by Gasteiger charge is -1.98. The molecular formula is C17H12N2O. The van der Waals surface area contributed by atoms with Gasteiger partial charge in [-0.05, 0) is 23.8 Å². The third-order valence-electron chi connectivity index (χ3n) is 2.98. The molecule has 20 heavy (non-hydrogen) atoms. The van der Waals surface area contributed by atoms with Gasteiger partial charge in [-0.3, -0.25) is 14.8 Å². The van der Waals surface area contributed by atoms with E-state index in [0.29, 0.717) is 5.56 Å². The molecule has 1 aromatic heterocycles. The SMILES string of the molecule is O=C(/C=C/c1ccc2nccnc2c1)c1ccccc1. The van der Waals surface area contributed by atoms with Crippen LogP contribution in [0.3, 0.4) is 0 Å². The summed E-state index contributed by atoms with van der Waals surface area (Å²) in [7, 11) is 0. The number of ketones is 1. The molecule has 3 rings (SSSR count).